The molecule has 3 aromatic carbocycles. The van der Waals surface area contributed by atoms with E-state index in [9.17, 15) is 5.11 Å². The average molecular weight is 486 g/mol. The molecule has 3 rings (SSSR count). The largest absolute Gasteiger partial charge is 1.00 e. The molecule has 7 heteroatoms. The van der Waals surface area contributed by atoms with E-state index in [4.69, 9.17) is 18.9 Å². The zero-order valence-electron chi connectivity index (χ0n) is 19.5. The molecule has 1 N–H and O–H groups in total. The van der Waals surface area contributed by atoms with Crippen LogP contribution in [0.2, 0.25) is 0 Å². The van der Waals surface area contributed by atoms with Gasteiger partial charge < -0.3 is 36.5 Å². The fourth-order valence-corrected chi connectivity index (χ4v) is 3.11. The van der Waals surface area contributed by atoms with E-state index in [-0.39, 0.29) is 31.4 Å². The standard InChI is InChI=1S/C27H31NO5.ClH/c1-28(2)21-32-26(19-30-17-22-11-5-3-6-12-22)27(33-25-16-10-9-15-24(25)29)20-31-18-23-13-7-4-8-14-23;/h3-16,21,26-27H,17-20H2,1-2H3;1H/t26-,27-;/m1./s1. The van der Waals surface area contributed by atoms with Crippen LogP contribution in [0.15, 0.2) is 84.9 Å². The van der Waals surface area contributed by atoms with Crippen LogP contribution < -0.4 is 17.1 Å². The molecule has 0 spiro atoms. The first kappa shape index (κ1) is 27.2. The Morgan fingerprint density at radius 2 is 1.24 bits per heavy atom. The highest BCUT2D eigenvalue weighted by molar-refractivity contribution is 5.40. The SMILES string of the molecule is C[N+](C)=CO[C@H](COCc1ccccc1)[C@@H](COCc1ccccc1)Oc1ccccc1O.[Cl-]. The summed E-state index contributed by atoms with van der Waals surface area (Å²) in [5, 5.41) is 10.2. The van der Waals surface area contributed by atoms with E-state index >= 15 is 0 Å². The molecule has 0 bridgehead atoms. The summed E-state index contributed by atoms with van der Waals surface area (Å²) in [4.78, 5) is 0. The summed E-state index contributed by atoms with van der Waals surface area (Å²) < 4.78 is 25.9. The van der Waals surface area contributed by atoms with Crippen LogP contribution in [0.5, 0.6) is 11.5 Å². The molecule has 0 aromatic heterocycles. The summed E-state index contributed by atoms with van der Waals surface area (Å²) in [6.07, 6.45) is 0.634. The molecule has 0 aliphatic heterocycles. The second-order valence-corrected chi connectivity index (χ2v) is 7.87. The van der Waals surface area contributed by atoms with Gasteiger partial charge in [0, 0.05) is 0 Å². The topological polar surface area (TPSA) is 60.2 Å². The number of rotatable bonds is 13. The number of ether oxygens (including phenoxy) is 4. The average Bonchev–Trinajstić information content (AvgIpc) is 2.83. The van der Waals surface area contributed by atoms with E-state index in [0.717, 1.165) is 11.1 Å². The van der Waals surface area contributed by atoms with Crippen molar-refractivity contribution < 1.29 is 41.0 Å². The Hall–Kier alpha value is -3.06. The Kier molecular flexibility index (Phi) is 12.0. The van der Waals surface area contributed by atoms with Crippen molar-refractivity contribution in [1.82, 2.24) is 0 Å². The quantitative estimate of drug-likeness (QED) is 0.224. The van der Waals surface area contributed by atoms with Crippen molar-refractivity contribution >= 4 is 6.40 Å². The van der Waals surface area contributed by atoms with Gasteiger partial charge in [-0.1, -0.05) is 72.8 Å². The highest BCUT2D eigenvalue weighted by Crippen LogP contribution is 2.27. The monoisotopic (exact) mass is 485 g/mol. The number of halogens is 1. The minimum atomic E-state index is -0.519. The number of nitrogens with zero attached hydrogens (tertiary/aromatic N) is 1. The van der Waals surface area contributed by atoms with Gasteiger partial charge >= 0.3 is 6.40 Å². The lowest BCUT2D eigenvalue weighted by Gasteiger charge is -2.26. The van der Waals surface area contributed by atoms with Crippen LogP contribution in [0.25, 0.3) is 0 Å². The number of phenols is 1. The number of para-hydroxylation sites is 2. The van der Waals surface area contributed by atoms with Gasteiger partial charge in [0.05, 0.1) is 26.4 Å². The molecule has 0 amide bonds. The molecule has 182 valence electrons. The zero-order chi connectivity index (χ0) is 23.3. The van der Waals surface area contributed by atoms with Crippen molar-refractivity contribution in [2.24, 2.45) is 0 Å². The molecular formula is C27H32ClNO5. The van der Waals surface area contributed by atoms with E-state index in [2.05, 4.69) is 0 Å². The third kappa shape index (κ3) is 9.43. The lowest BCUT2D eigenvalue weighted by atomic mass is 10.2. The van der Waals surface area contributed by atoms with Crippen LogP contribution in [0.3, 0.4) is 0 Å². The molecule has 0 aliphatic rings. The van der Waals surface area contributed by atoms with Gasteiger partial charge in [-0.3, -0.25) is 0 Å². The van der Waals surface area contributed by atoms with Crippen LogP contribution in [0, 0.1) is 0 Å². The fourth-order valence-electron chi connectivity index (χ4n) is 3.11. The second kappa shape index (κ2) is 15.0. The van der Waals surface area contributed by atoms with Gasteiger partial charge in [0.1, 0.15) is 14.1 Å². The molecule has 0 saturated heterocycles. The minimum Gasteiger partial charge on any atom is -1.00 e. The number of hydrogen-bond donors (Lipinski definition) is 1. The van der Waals surface area contributed by atoms with Crippen molar-refractivity contribution in [3.63, 3.8) is 0 Å². The predicted molar refractivity (Wildman–Crippen MR) is 128 cm³/mol. The first-order valence-corrected chi connectivity index (χ1v) is 10.9. The normalized spacial score (nSPS) is 12.2. The van der Waals surface area contributed by atoms with E-state index in [1.807, 2.05) is 85.4 Å². The summed E-state index contributed by atoms with van der Waals surface area (Å²) in [7, 11) is 3.76. The first-order chi connectivity index (χ1) is 16.1. The number of aromatic hydroxyl groups is 1. The van der Waals surface area contributed by atoms with E-state index in [0.29, 0.717) is 19.0 Å². The van der Waals surface area contributed by atoms with Gasteiger partial charge in [0.2, 0.25) is 0 Å². The maximum Gasteiger partial charge on any atom is 0.323 e. The first-order valence-electron chi connectivity index (χ1n) is 10.9. The van der Waals surface area contributed by atoms with Crippen LogP contribution in [0.1, 0.15) is 11.1 Å². The van der Waals surface area contributed by atoms with Gasteiger partial charge in [0.15, 0.2) is 23.7 Å². The fraction of sp³-hybridized carbons (Fsp3) is 0.296. The maximum absolute atomic E-state index is 10.2. The lowest BCUT2D eigenvalue weighted by molar-refractivity contribution is -0.469. The molecule has 3 aromatic rings. The molecule has 34 heavy (non-hydrogen) atoms. The number of hydrogen-bond acceptors (Lipinski definition) is 5. The Balaban J connectivity index is 0.00000408. The summed E-state index contributed by atoms with van der Waals surface area (Å²) in [5.74, 6) is 0.429. The van der Waals surface area contributed by atoms with Gasteiger partial charge in [-0.15, -0.1) is 0 Å². The Labute approximate surface area is 207 Å². The molecule has 0 heterocycles. The summed E-state index contributed by atoms with van der Waals surface area (Å²) in [6.45, 7) is 1.43. The van der Waals surface area contributed by atoms with Crippen molar-refractivity contribution in [3.05, 3.63) is 96.1 Å². The number of phenolic OH excluding ortho intramolecular Hbond substituents is 1. The van der Waals surface area contributed by atoms with Gasteiger partial charge in [-0.25, -0.2) is 4.58 Å². The minimum absolute atomic E-state index is 0. The molecule has 0 radical (unpaired) electrons. The number of benzene rings is 3. The van der Waals surface area contributed by atoms with Crippen molar-refractivity contribution in [1.29, 1.82) is 0 Å². The van der Waals surface area contributed by atoms with Crippen molar-refractivity contribution in [2.45, 2.75) is 25.4 Å². The smallest absolute Gasteiger partial charge is 0.323 e. The third-order valence-corrected chi connectivity index (χ3v) is 4.79. The van der Waals surface area contributed by atoms with Crippen LogP contribution in [-0.2, 0) is 27.4 Å². The van der Waals surface area contributed by atoms with Crippen molar-refractivity contribution in [2.75, 3.05) is 27.3 Å². The van der Waals surface area contributed by atoms with E-state index in [1.54, 1.807) is 24.6 Å². The summed E-state index contributed by atoms with van der Waals surface area (Å²) >= 11 is 0. The Morgan fingerprint density at radius 3 is 1.76 bits per heavy atom. The zero-order valence-corrected chi connectivity index (χ0v) is 20.3. The van der Waals surface area contributed by atoms with Gasteiger partial charge in [-0.2, -0.15) is 0 Å². The maximum atomic E-state index is 10.2. The van der Waals surface area contributed by atoms with Crippen LogP contribution in [-0.4, -0.2) is 55.6 Å². The van der Waals surface area contributed by atoms with Crippen LogP contribution in [0.4, 0.5) is 0 Å². The van der Waals surface area contributed by atoms with E-state index in [1.165, 1.54) is 0 Å². The van der Waals surface area contributed by atoms with Crippen LogP contribution >= 0.6 is 0 Å². The Bertz CT molecular complexity index is 981. The molecule has 0 saturated carbocycles. The summed E-state index contributed by atoms with van der Waals surface area (Å²) in [6, 6.07) is 26.8. The van der Waals surface area contributed by atoms with Gasteiger partial charge in [-0.05, 0) is 23.3 Å². The Morgan fingerprint density at radius 1 is 0.735 bits per heavy atom. The highest BCUT2D eigenvalue weighted by Gasteiger charge is 2.27. The molecular weight excluding hydrogens is 454 g/mol. The van der Waals surface area contributed by atoms with Gasteiger partial charge in [0.25, 0.3) is 0 Å². The molecule has 0 unspecified atom stereocenters. The molecule has 0 aliphatic carbocycles. The predicted octanol–water partition coefficient (Wildman–Crippen LogP) is 1.26. The third-order valence-electron chi connectivity index (χ3n) is 4.79. The van der Waals surface area contributed by atoms with E-state index < -0.39 is 12.2 Å². The summed E-state index contributed by atoms with van der Waals surface area (Å²) in [5.41, 5.74) is 2.14. The molecule has 0 fully saturated rings. The lowest BCUT2D eigenvalue weighted by Crippen LogP contribution is -3.00. The second-order valence-electron chi connectivity index (χ2n) is 7.87. The molecule has 6 nitrogen and oxygen atoms in total. The highest BCUT2D eigenvalue weighted by atomic mass is 35.5. The van der Waals surface area contributed by atoms with Crippen molar-refractivity contribution in [3.8, 4) is 11.5 Å². The molecule has 2 atom stereocenters.